The van der Waals surface area contributed by atoms with Gasteiger partial charge in [-0.05, 0) is 26.0 Å². The van der Waals surface area contributed by atoms with Crippen molar-refractivity contribution >= 4 is 5.78 Å². The maximum Gasteiger partial charge on any atom is 0.179 e. The number of hydrogen-bond donors (Lipinski definition) is 1. The number of aryl methyl sites for hydroxylation is 1. The van der Waals surface area contributed by atoms with Gasteiger partial charge in [-0.25, -0.2) is 0 Å². The van der Waals surface area contributed by atoms with Crippen LogP contribution in [0.1, 0.15) is 29.8 Å². The largest absolute Gasteiger partial charge is 0.310 e. The third-order valence-electron chi connectivity index (χ3n) is 2.47. The zero-order valence-corrected chi connectivity index (χ0v) is 9.00. The predicted molar refractivity (Wildman–Crippen MR) is 58.7 cm³/mol. The molecule has 0 saturated carbocycles. The Hall–Kier alpha value is -1.15. The summed E-state index contributed by atoms with van der Waals surface area (Å²) in [5.41, 5.74) is 2.04. The summed E-state index contributed by atoms with van der Waals surface area (Å²) < 4.78 is 0. The molecule has 0 aliphatic carbocycles. The van der Waals surface area contributed by atoms with E-state index in [1.165, 1.54) is 5.56 Å². The second-order valence-electron chi connectivity index (χ2n) is 3.43. The zero-order valence-electron chi connectivity index (χ0n) is 9.00. The van der Waals surface area contributed by atoms with Gasteiger partial charge < -0.3 is 5.32 Å². The van der Waals surface area contributed by atoms with Crippen molar-refractivity contribution in [3.05, 3.63) is 35.4 Å². The van der Waals surface area contributed by atoms with E-state index in [4.69, 9.17) is 0 Å². The van der Waals surface area contributed by atoms with Crippen LogP contribution < -0.4 is 5.32 Å². The number of likely N-dealkylation sites (N-methyl/N-ethyl adjacent to an activating group) is 1. The Labute approximate surface area is 85.3 Å². The molecule has 14 heavy (non-hydrogen) atoms. The molecular formula is C12H17NO. The normalized spacial score (nSPS) is 12.5. The molecule has 0 radical (unpaired) electrons. The minimum Gasteiger partial charge on any atom is -0.310 e. The van der Waals surface area contributed by atoms with E-state index in [0.717, 1.165) is 12.0 Å². The number of Topliss-reactive ketones (excluding diaryl/α,β-unsaturated/α-hetero) is 1. The maximum atomic E-state index is 11.7. The second-order valence-corrected chi connectivity index (χ2v) is 3.43. The van der Waals surface area contributed by atoms with Crippen LogP contribution in [0.3, 0.4) is 0 Å². The van der Waals surface area contributed by atoms with E-state index in [0.29, 0.717) is 0 Å². The lowest BCUT2D eigenvalue weighted by molar-refractivity contribution is 0.0955. The summed E-state index contributed by atoms with van der Waals surface area (Å²) in [5, 5.41) is 2.94. The third-order valence-corrected chi connectivity index (χ3v) is 2.47. The molecule has 76 valence electrons. The van der Waals surface area contributed by atoms with Gasteiger partial charge in [-0.3, -0.25) is 4.79 Å². The van der Waals surface area contributed by atoms with Crippen molar-refractivity contribution in [3.8, 4) is 0 Å². The molecule has 0 saturated heterocycles. The Balaban J connectivity index is 2.81. The van der Waals surface area contributed by atoms with E-state index >= 15 is 0 Å². The van der Waals surface area contributed by atoms with Crippen molar-refractivity contribution < 1.29 is 4.79 Å². The lowest BCUT2D eigenvalue weighted by Gasteiger charge is -2.08. The number of carbonyl (C=O) groups excluding carboxylic acids is 1. The highest BCUT2D eigenvalue weighted by molar-refractivity contribution is 5.99. The van der Waals surface area contributed by atoms with E-state index in [9.17, 15) is 4.79 Å². The molecule has 0 heterocycles. The summed E-state index contributed by atoms with van der Waals surface area (Å²) in [7, 11) is 1.79. The van der Waals surface area contributed by atoms with Crippen molar-refractivity contribution in [3.63, 3.8) is 0 Å². The standard InChI is InChI=1S/C12H17NO/c1-4-10-5-7-11(8-6-10)12(14)9(2)13-3/h5-9,13H,4H2,1-3H3/t9-/m1/s1. The fraction of sp³-hybridized carbons (Fsp3) is 0.417. The highest BCUT2D eigenvalue weighted by Gasteiger charge is 2.12. The molecule has 0 amide bonds. The zero-order chi connectivity index (χ0) is 10.6. The van der Waals surface area contributed by atoms with E-state index in [-0.39, 0.29) is 11.8 Å². The summed E-state index contributed by atoms with van der Waals surface area (Å²) in [6, 6.07) is 7.71. The Morgan fingerprint density at radius 2 is 1.93 bits per heavy atom. The Kier molecular flexibility index (Phi) is 3.84. The van der Waals surface area contributed by atoms with Gasteiger partial charge in [-0.2, -0.15) is 0 Å². The van der Waals surface area contributed by atoms with Gasteiger partial charge in [-0.1, -0.05) is 31.2 Å². The number of carbonyl (C=O) groups is 1. The van der Waals surface area contributed by atoms with Gasteiger partial charge in [-0.15, -0.1) is 0 Å². The van der Waals surface area contributed by atoms with Crippen LogP contribution >= 0.6 is 0 Å². The number of benzene rings is 1. The van der Waals surface area contributed by atoms with E-state index < -0.39 is 0 Å². The quantitative estimate of drug-likeness (QED) is 0.738. The van der Waals surface area contributed by atoms with Gasteiger partial charge in [0.2, 0.25) is 0 Å². The average molecular weight is 191 g/mol. The van der Waals surface area contributed by atoms with Crippen molar-refractivity contribution in [2.75, 3.05) is 7.05 Å². The predicted octanol–water partition coefficient (Wildman–Crippen LogP) is 2.04. The molecule has 1 atom stereocenters. The molecule has 1 aromatic carbocycles. The highest BCUT2D eigenvalue weighted by Crippen LogP contribution is 2.07. The molecule has 0 spiro atoms. The van der Waals surface area contributed by atoms with Crippen LogP contribution in [0.15, 0.2) is 24.3 Å². The van der Waals surface area contributed by atoms with Gasteiger partial charge in [0, 0.05) is 5.56 Å². The molecule has 0 aliphatic heterocycles. The van der Waals surface area contributed by atoms with Crippen LogP contribution in [0.4, 0.5) is 0 Å². The minimum absolute atomic E-state index is 0.109. The van der Waals surface area contributed by atoms with Crippen molar-refractivity contribution in [2.24, 2.45) is 0 Å². The van der Waals surface area contributed by atoms with Crippen LogP contribution in [-0.2, 0) is 6.42 Å². The second kappa shape index (κ2) is 4.91. The molecule has 1 rings (SSSR count). The van der Waals surface area contributed by atoms with Crippen LogP contribution in [0.2, 0.25) is 0 Å². The van der Waals surface area contributed by atoms with Crippen LogP contribution in [0, 0.1) is 0 Å². The topological polar surface area (TPSA) is 29.1 Å². The minimum atomic E-state index is -0.109. The van der Waals surface area contributed by atoms with E-state index in [1.807, 2.05) is 31.2 Å². The first-order valence-corrected chi connectivity index (χ1v) is 4.99. The molecule has 0 aliphatic rings. The first-order valence-electron chi connectivity index (χ1n) is 4.99. The van der Waals surface area contributed by atoms with Gasteiger partial charge in [0.1, 0.15) is 0 Å². The first-order chi connectivity index (χ1) is 6.69. The van der Waals surface area contributed by atoms with Crippen LogP contribution in [0.25, 0.3) is 0 Å². The Bertz CT molecular complexity index is 303. The summed E-state index contributed by atoms with van der Waals surface area (Å²) in [6.45, 7) is 3.98. The summed E-state index contributed by atoms with van der Waals surface area (Å²) in [6.07, 6.45) is 1.01. The lowest BCUT2D eigenvalue weighted by atomic mass is 10.0. The van der Waals surface area contributed by atoms with Gasteiger partial charge in [0.25, 0.3) is 0 Å². The van der Waals surface area contributed by atoms with Crippen molar-refractivity contribution in [2.45, 2.75) is 26.3 Å². The van der Waals surface area contributed by atoms with E-state index in [2.05, 4.69) is 12.2 Å². The van der Waals surface area contributed by atoms with E-state index in [1.54, 1.807) is 7.05 Å². The van der Waals surface area contributed by atoms with Gasteiger partial charge in [0.15, 0.2) is 5.78 Å². The molecule has 0 unspecified atom stereocenters. The lowest BCUT2D eigenvalue weighted by Crippen LogP contribution is -2.30. The monoisotopic (exact) mass is 191 g/mol. The molecular weight excluding hydrogens is 174 g/mol. The Morgan fingerprint density at radius 3 is 2.36 bits per heavy atom. The number of hydrogen-bond acceptors (Lipinski definition) is 2. The van der Waals surface area contributed by atoms with Gasteiger partial charge >= 0.3 is 0 Å². The van der Waals surface area contributed by atoms with Crippen LogP contribution in [0.5, 0.6) is 0 Å². The number of rotatable bonds is 4. The molecule has 1 aromatic rings. The Morgan fingerprint density at radius 1 is 1.36 bits per heavy atom. The molecule has 2 heteroatoms. The fourth-order valence-corrected chi connectivity index (χ4v) is 1.29. The van der Waals surface area contributed by atoms with Crippen molar-refractivity contribution in [1.29, 1.82) is 0 Å². The van der Waals surface area contributed by atoms with Crippen molar-refractivity contribution in [1.82, 2.24) is 5.32 Å². The fourth-order valence-electron chi connectivity index (χ4n) is 1.29. The average Bonchev–Trinajstić information content (AvgIpc) is 2.27. The number of ketones is 1. The van der Waals surface area contributed by atoms with Gasteiger partial charge in [0.05, 0.1) is 6.04 Å². The summed E-state index contributed by atoms with van der Waals surface area (Å²) >= 11 is 0. The maximum absolute atomic E-state index is 11.7. The molecule has 0 bridgehead atoms. The molecule has 1 N–H and O–H groups in total. The smallest absolute Gasteiger partial charge is 0.179 e. The SMILES string of the molecule is CCc1ccc(C(=O)[C@@H](C)NC)cc1. The molecule has 0 aromatic heterocycles. The third kappa shape index (κ3) is 2.42. The summed E-state index contributed by atoms with van der Waals surface area (Å²) in [4.78, 5) is 11.7. The molecule has 0 fully saturated rings. The molecule has 2 nitrogen and oxygen atoms in total. The summed E-state index contributed by atoms with van der Waals surface area (Å²) in [5.74, 6) is 0.148. The highest BCUT2D eigenvalue weighted by atomic mass is 16.1. The number of nitrogens with one attached hydrogen (secondary N) is 1. The van der Waals surface area contributed by atoms with Crippen LogP contribution in [-0.4, -0.2) is 18.9 Å². The first kappa shape index (κ1) is 10.9.